The molecule has 0 radical (unpaired) electrons. The van der Waals surface area contributed by atoms with Gasteiger partial charge in [-0.25, -0.2) is 4.79 Å². The zero-order valence-corrected chi connectivity index (χ0v) is 9.44. The largest absolute Gasteiger partial charge is 0.480 e. The summed E-state index contributed by atoms with van der Waals surface area (Å²) in [5, 5.41) is 11.2. The number of amides is 2. The van der Waals surface area contributed by atoms with E-state index >= 15 is 0 Å². The lowest BCUT2D eigenvalue weighted by Gasteiger charge is -2.23. The van der Waals surface area contributed by atoms with Crippen LogP contribution in [-0.4, -0.2) is 55.4 Å². The third-order valence-electron chi connectivity index (χ3n) is 2.60. The molecular formula is C10H18N2O4. The maximum absolute atomic E-state index is 11.4. The quantitative estimate of drug-likeness (QED) is 0.720. The van der Waals surface area contributed by atoms with Gasteiger partial charge in [-0.1, -0.05) is 0 Å². The van der Waals surface area contributed by atoms with Gasteiger partial charge >= 0.3 is 12.0 Å². The molecular weight excluding hydrogens is 212 g/mol. The molecule has 2 amide bonds. The Morgan fingerprint density at radius 2 is 2.06 bits per heavy atom. The molecule has 0 spiro atoms. The Morgan fingerprint density at radius 3 is 2.62 bits per heavy atom. The molecule has 0 atom stereocenters. The summed E-state index contributed by atoms with van der Waals surface area (Å²) in [5.41, 5.74) is 0. The van der Waals surface area contributed by atoms with E-state index in [1.807, 2.05) is 0 Å². The molecule has 1 aliphatic rings. The molecule has 2 N–H and O–H groups in total. The molecule has 92 valence electrons. The van der Waals surface area contributed by atoms with Gasteiger partial charge in [0, 0.05) is 26.8 Å². The standard InChI is InChI=1S/C10H18N2O4/c1-12(7-9(13)14)10(15)11-6-8-2-4-16-5-3-8/h8H,2-7H2,1H3,(H,11,15)(H,13,14). The second-order valence-electron chi connectivity index (χ2n) is 3.99. The van der Waals surface area contributed by atoms with Gasteiger partial charge < -0.3 is 20.1 Å². The van der Waals surface area contributed by atoms with Crippen molar-refractivity contribution in [1.29, 1.82) is 0 Å². The first-order valence-corrected chi connectivity index (χ1v) is 5.38. The van der Waals surface area contributed by atoms with Crippen molar-refractivity contribution in [3.8, 4) is 0 Å². The third-order valence-corrected chi connectivity index (χ3v) is 2.60. The highest BCUT2D eigenvalue weighted by Crippen LogP contribution is 2.13. The number of carboxylic acid groups (broad SMARTS) is 1. The highest BCUT2D eigenvalue weighted by molar-refractivity contribution is 5.79. The fourth-order valence-electron chi connectivity index (χ4n) is 1.59. The van der Waals surface area contributed by atoms with Crippen molar-refractivity contribution in [2.45, 2.75) is 12.8 Å². The molecule has 0 unspecified atom stereocenters. The molecule has 0 saturated carbocycles. The summed E-state index contributed by atoms with van der Waals surface area (Å²) in [6.07, 6.45) is 1.89. The number of nitrogens with zero attached hydrogens (tertiary/aromatic N) is 1. The molecule has 0 aliphatic carbocycles. The predicted octanol–water partition coefficient (Wildman–Crippen LogP) is 0.139. The smallest absolute Gasteiger partial charge is 0.323 e. The van der Waals surface area contributed by atoms with Crippen LogP contribution in [0.15, 0.2) is 0 Å². The van der Waals surface area contributed by atoms with E-state index in [9.17, 15) is 9.59 Å². The van der Waals surface area contributed by atoms with E-state index in [0.29, 0.717) is 12.5 Å². The molecule has 1 saturated heterocycles. The molecule has 16 heavy (non-hydrogen) atoms. The van der Waals surface area contributed by atoms with Gasteiger partial charge in [-0.2, -0.15) is 0 Å². The van der Waals surface area contributed by atoms with Crippen LogP contribution < -0.4 is 5.32 Å². The first-order valence-electron chi connectivity index (χ1n) is 5.38. The summed E-state index contributed by atoms with van der Waals surface area (Å²) < 4.78 is 5.21. The number of likely N-dealkylation sites (N-methyl/N-ethyl adjacent to an activating group) is 1. The van der Waals surface area contributed by atoms with Gasteiger partial charge in [0.1, 0.15) is 6.54 Å². The Morgan fingerprint density at radius 1 is 1.44 bits per heavy atom. The highest BCUT2D eigenvalue weighted by atomic mass is 16.5. The van der Waals surface area contributed by atoms with Crippen molar-refractivity contribution in [1.82, 2.24) is 10.2 Å². The van der Waals surface area contributed by atoms with Crippen LogP contribution in [0.25, 0.3) is 0 Å². The maximum atomic E-state index is 11.4. The molecule has 1 heterocycles. The average molecular weight is 230 g/mol. The van der Waals surface area contributed by atoms with Gasteiger partial charge in [-0.3, -0.25) is 4.79 Å². The lowest BCUT2D eigenvalue weighted by molar-refractivity contribution is -0.137. The lowest BCUT2D eigenvalue weighted by Crippen LogP contribution is -2.42. The summed E-state index contributed by atoms with van der Waals surface area (Å²) in [6.45, 7) is 1.79. The van der Waals surface area contributed by atoms with Crippen LogP contribution in [0.4, 0.5) is 4.79 Å². The Balaban J connectivity index is 2.20. The van der Waals surface area contributed by atoms with Gasteiger partial charge in [-0.15, -0.1) is 0 Å². The van der Waals surface area contributed by atoms with E-state index in [0.717, 1.165) is 31.0 Å². The average Bonchev–Trinajstić information content (AvgIpc) is 2.26. The molecule has 6 nitrogen and oxygen atoms in total. The summed E-state index contributed by atoms with van der Waals surface area (Å²) in [4.78, 5) is 23.0. The second kappa shape index (κ2) is 6.32. The summed E-state index contributed by atoms with van der Waals surface area (Å²) >= 11 is 0. The van der Waals surface area contributed by atoms with E-state index < -0.39 is 5.97 Å². The Hall–Kier alpha value is -1.30. The number of aliphatic carboxylic acids is 1. The minimum absolute atomic E-state index is 0.278. The number of ether oxygens (including phenoxy) is 1. The van der Waals surface area contributed by atoms with Crippen LogP contribution in [0.2, 0.25) is 0 Å². The van der Waals surface area contributed by atoms with Crippen molar-refractivity contribution < 1.29 is 19.4 Å². The molecule has 0 aromatic rings. The van der Waals surface area contributed by atoms with Crippen molar-refractivity contribution in [2.24, 2.45) is 5.92 Å². The zero-order chi connectivity index (χ0) is 12.0. The number of hydrogen-bond donors (Lipinski definition) is 2. The fourth-order valence-corrected chi connectivity index (χ4v) is 1.59. The summed E-state index contributed by atoms with van der Waals surface area (Å²) in [6, 6.07) is -0.339. The molecule has 1 fully saturated rings. The predicted molar refractivity (Wildman–Crippen MR) is 57.2 cm³/mol. The Bertz CT molecular complexity index is 251. The number of carbonyl (C=O) groups excluding carboxylic acids is 1. The van der Waals surface area contributed by atoms with Crippen molar-refractivity contribution in [3.05, 3.63) is 0 Å². The van der Waals surface area contributed by atoms with E-state index in [-0.39, 0.29) is 12.6 Å². The zero-order valence-electron chi connectivity index (χ0n) is 9.44. The molecule has 6 heteroatoms. The van der Waals surface area contributed by atoms with Crippen LogP contribution >= 0.6 is 0 Å². The minimum Gasteiger partial charge on any atom is -0.480 e. The molecule has 1 rings (SSSR count). The number of nitrogens with one attached hydrogen (secondary N) is 1. The lowest BCUT2D eigenvalue weighted by atomic mass is 10.0. The van der Waals surface area contributed by atoms with Gasteiger partial charge in [0.2, 0.25) is 0 Å². The van der Waals surface area contributed by atoms with Crippen molar-refractivity contribution >= 4 is 12.0 Å². The number of urea groups is 1. The number of carbonyl (C=O) groups is 2. The molecule has 0 aromatic heterocycles. The summed E-state index contributed by atoms with van der Waals surface area (Å²) in [7, 11) is 1.47. The number of hydrogen-bond acceptors (Lipinski definition) is 3. The summed E-state index contributed by atoms with van der Waals surface area (Å²) in [5.74, 6) is -0.570. The van der Waals surface area contributed by atoms with Crippen molar-refractivity contribution in [2.75, 3.05) is 33.4 Å². The van der Waals surface area contributed by atoms with Crippen LogP contribution in [0, 0.1) is 5.92 Å². The van der Waals surface area contributed by atoms with Crippen LogP contribution in [0.5, 0.6) is 0 Å². The van der Waals surface area contributed by atoms with Crippen LogP contribution in [-0.2, 0) is 9.53 Å². The van der Waals surface area contributed by atoms with E-state index in [2.05, 4.69) is 5.32 Å². The van der Waals surface area contributed by atoms with E-state index in [1.165, 1.54) is 7.05 Å². The van der Waals surface area contributed by atoms with Gasteiger partial charge in [0.05, 0.1) is 0 Å². The SMILES string of the molecule is CN(CC(=O)O)C(=O)NCC1CCOCC1. The maximum Gasteiger partial charge on any atom is 0.323 e. The van der Waals surface area contributed by atoms with Crippen molar-refractivity contribution in [3.63, 3.8) is 0 Å². The van der Waals surface area contributed by atoms with E-state index in [4.69, 9.17) is 9.84 Å². The van der Waals surface area contributed by atoms with Gasteiger partial charge in [0.25, 0.3) is 0 Å². The fraction of sp³-hybridized carbons (Fsp3) is 0.800. The van der Waals surface area contributed by atoms with Crippen LogP contribution in [0.3, 0.4) is 0 Å². The molecule has 0 bridgehead atoms. The monoisotopic (exact) mass is 230 g/mol. The van der Waals surface area contributed by atoms with Crippen LogP contribution in [0.1, 0.15) is 12.8 Å². The number of carboxylic acids is 1. The number of rotatable bonds is 4. The Kier molecular flexibility index (Phi) is 5.04. The first kappa shape index (κ1) is 12.8. The van der Waals surface area contributed by atoms with Gasteiger partial charge in [-0.05, 0) is 18.8 Å². The third kappa shape index (κ3) is 4.48. The highest BCUT2D eigenvalue weighted by Gasteiger charge is 2.16. The second-order valence-corrected chi connectivity index (χ2v) is 3.99. The topological polar surface area (TPSA) is 78.9 Å². The minimum atomic E-state index is -1.01. The first-order chi connectivity index (χ1) is 7.59. The van der Waals surface area contributed by atoms with Gasteiger partial charge in [0.15, 0.2) is 0 Å². The molecule has 0 aromatic carbocycles. The van der Waals surface area contributed by atoms with E-state index in [1.54, 1.807) is 0 Å². The molecule has 1 aliphatic heterocycles. The Labute approximate surface area is 94.6 Å². The normalized spacial score (nSPS) is 16.8.